The Kier molecular flexibility index (Phi) is 4.33. The predicted octanol–water partition coefficient (Wildman–Crippen LogP) is 0.582. The summed E-state index contributed by atoms with van der Waals surface area (Å²) in [5, 5.41) is 6.68. The summed E-state index contributed by atoms with van der Waals surface area (Å²) in [6.45, 7) is 6.22. The average molecular weight is 252 g/mol. The molecule has 18 heavy (non-hydrogen) atoms. The lowest BCUT2D eigenvalue weighted by atomic mass is 10.2. The average Bonchev–Trinajstić information content (AvgIpc) is 2.82. The standard InChI is InChI=1S/C12H20N4O2/c1-4-18-12-8(2)11(14-7-15-12)16-9-5-13-6-10(9)17-3/h7,9-10,13H,4-6H2,1-3H3,(H,14,15,16)/t9?,10-/m0/s1. The summed E-state index contributed by atoms with van der Waals surface area (Å²) in [5.41, 5.74) is 0.932. The maximum atomic E-state index is 5.46. The first kappa shape index (κ1) is 13.0. The van der Waals surface area contributed by atoms with Gasteiger partial charge in [0.1, 0.15) is 12.1 Å². The van der Waals surface area contributed by atoms with E-state index in [-0.39, 0.29) is 12.1 Å². The van der Waals surface area contributed by atoms with Gasteiger partial charge in [-0.15, -0.1) is 0 Å². The van der Waals surface area contributed by atoms with Crippen molar-refractivity contribution >= 4 is 5.82 Å². The van der Waals surface area contributed by atoms with Crippen molar-refractivity contribution < 1.29 is 9.47 Å². The number of nitrogens with zero attached hydrogens (tertiary/aromatic N) is 2. The van der Waals surface area contributed by atoms with Crippen LogP contribution < -0.4 is 15.4 Å². The normalized spacial score (nSPS) is 23.1. The van der Waals surface area contributed by atoms with E-state index in [4.69, 9.17) is 9.47 Å². The zero-order chi connectivity index (χ0) is 13.0. The highest BCUT2D eigenvalue weighted by atomic mass is 16.5. The molecule has 6 heteroatoms. The minimum Gasteiger partial charge on any atom is -0.478 e. The Balaban J connectivity index is 2.11. The van der Waals surface area contributed by atoms with Crippen LogP contribution in [0, 0.1) is 6.92 Å². The van der Waals surface area contributed by atoms with Gasteiger partial charge >= 0.3 is 0 Å². The van der Waals surface area contributed by atoms with Crippen molar-refractivity contribution in [1.29, 1.82) is 0 Å². The van der Waals surface area contributed by atoms with E-state index in [2.05, 4.69) is 20.6 Å². The van der Waals surface area contributed by atoms with Crippen LogP contribution in [0.15, 0.2) is 6.33 Å². The third-order valence-electron chi connectivity index (χ3n) is 3.10. The molecule has 0 aromatic carbocycles. The molecule has 0 spiro atoms. The number of nitrogens with one attached hydrogen (secondary N) is 2. The molecule has 2 atom stereocenters. The highest BCUT2D eigenvalue weighted by Crippen LogP contribution is 2.22. The van der Waals surface area contributed by atoms with Crippen LogP contribution in [0.5, 0.6) is 5.88 Å². The van der Waals surface area contributed by atoms with Crippen molar-refractivity contribution in [2.75, 3.05) is 32.1 Å². The third-order valence-corrected chi connectivity index (χ3v) is 3.10. The van der Waals surface area contributed by atoms with Gasteiger partial charge < -0.3 is 20.1 Å². The van der Waals surface area contributed by atoms with Crippen LogP contribution >= 0.6 is 0 Å². The Bertz CT molecular complexity index is 400. The summed E-state index contributed by atoms with van der Waals surface area (Å²) in [5.74, 6) is 1.44. The van der Waals surface area contributed by atoms with Gasteiger partial charge in [0.05, 0.1) is 24.3 Å². The second-order valence-corrected chi connectivity index (χ2v) is 4.27. The van der Waals surface area contributed by atoms with E-state index in [1.165, 1.54) is 6.33 Å². The number of rotatable bonds is 5. The molecule has 1 saturated heterocycles. The molecular weight excluding hydrogens is 232 g/mol. The predicted molar refractivity (Wildman–Crippen MR) is 69.0 cm³/mol. The van der Waals surface area contributed by atoms with Gasteiger partial charge in [-0.3, -0.25) is 0 Å². The molecule has 1 unspecified atom stereocenters. The number of anilines is 1. The molecule has 0 bridgehead atoms. The summed E-state index contributed by atoms with van der Waals surface area (Å²) < 4.78 is 10.9. The van der Waals surface area contributed by atoms with Crippen LogP contribution in [-0.2, 0) is 4.74 Å². The van der Waals surface area contributed by atoms with E-state index >= 15 is 0 Å². The van der Waals surface area contributed by atoms with Crippen molar-refractivity contribution in [3.05, 3.63) is 11.9 Å². The fraction of sp³-hybridized carbons (Fsp3) is 0.667. The lowest BCUT2D eigenvalue weighted by Crippen LogP contribution is -2.34. The van der Waals surface area contributed by atoms with Crippen LogP contribution in [0.3, 0.4) is 0 Å². The molecule has 1 aliphatic heterocycles. The molecule has 1 fully saturated rings. The molecule has 1 aromatic rings. The van der Waals surface area contributed by atoms with Crippen LogP contribution in [0.25, 0.3) is 0 Å². The van der Waals surface area contributed by atoms with E-state index in [0.29, 0.717) is 12.5 Å². The molecule has 2 heterocycles. The SMILES string of the molecule is CCOc1ncnc(NC2CNC[C@@H]2OC)c1C. The maximum absolute atomic E-state index is 5.46. The monoisotopic (exact) mass is 252 g/mol. The van der Waals surface area contributed by atoms with Gasteiger partial charge in [-0.2, -0.15) is 0 Å². The molecule has 2 N–H and O–H groups in total. The molecule has 100 valence electrons. The van der Waals surface area contributed by atoms with Crippen molar-refractivity contribution in [2.45, 2.75) is 26.0 Å². The van der Waals surface area contributed by atoms with Crippen LogP contribution in [-0.4, -0.2) is 48.9 Å². The van der Waals surface area contributed by atoms with Gasteiger partial charge in [-0.25, -0.2) is 9.97 Å². The number of methoxy groups -OCH3 is 1. The highest BCUT2D eigenvalue weighted by Gasteiger charge is 2.27. The minimum absolute atomic E-state index is 0.162. The fourth-order valence-corrected chi connectivity index (χ4v) is 2.08. The number of hydrogen-bond acceptors (Lipinski definition) is 6. The molecule has 0 amide bonds. The Labute approximate surface area is 107 Å². The third kappa shape index (κ3) is 2.70. The van der Waals surface area contributed by atoms with Gasteiger partial charge in [0, 0.05) is 20.2 Å². The first-order valence-corrected chi connectivity index (χ1v) is 6.20. The van der Waals surface area contributed by atoms with Crippen molar-refractivity contribution in [3.63, 3.8) is 0 Å². The van der Waals surface area contributed by atoms with E-state index in [0.717, 1.165) is 24.5 Å². The Morgan fingerprint density at radius 1 is 1.44 bits per heavy atom. The van der Waals surface area contributed by atoms with E-state index < -0.39 is 0 Å². The smallest absolute Gasteiger partial charge is 0.221 e. The first-order chi connectivity index (χ1) is 8.76. The molecule has 6 nitrogen and oxygen atoms in total. The zero-order valence-corrected chi connectivity index (χ0v) is 11.1. The van der Waals surface area contributed by atoms with Crippen LogP contribution in [0.2, 0.25) is 0 Å². The molecule has 1 aromatic heterocycles. The van der Waals surface area contributed by atoms with Gasteiger partial charge in [0.15, 0.2) is 0 Å². The first-order valence-electron chi connectivity index (χ1n) is 6.20. The van der Waals surface area contributed by atoms with Crippen LogP contribution in [0.4, 0.5) is 5.82 Å². The molecule has 0 radical (unpaired) electrons. The maximum Gasteiger partial charge on any atom is 0.221 e. The molecule has 0 aliphatic carbocycles. The summed E-state index contributed by atoms with van der Waals surface area (Å²) in [4.78, 5) is 8.39. The second-order valence-electron chi connectivity index (χ2n) is 4.27. The Hall–Kier alpha value is -1.40. The topological polar surface area (TPSA) is 68.3 Å². The molecular formula is C12H20N4O2. The summed E-state index contributed by atoms with van der Waals surface area (Å²) in [7, 11) is 1.73. The molecule has 2 rings (SSSR count). The lowest BCUT2D eigenvalue weighted by molar-refractivity contribution is 0.111. The van der Waals surface area contributed by atoms with Gasteiger partial charge in [-0.1, -0.05) is 0 Å². The molecule has 1 aliphatic rings. The highest BCUT2D eigenvalue weighted by molar-refractivity contribution is 5.48. The summed E-state index contributed by atoms with van der Waals surface area (Å²) in [6.07, 6.45) is 1.68. The van der Waals surface area contributed by atoms with Gasteiger partial charge in [0.2, 0.25) is 5.88 Å². The van der Waals surface area contributed by atoms with Crippen molar-refractivity contribution in [2.24, 2.45) is 0 Å². The largest absolute Gasteiger partial charge is 0.478 e. The Morgan fingerprint density at radius 3 is 3.00 bits per heavy atom. The second kappa shape index (κ2) is 5.97. The summed E-state index contributed by atoms with van der Waals surface area (Å²) in [6, 6.07) is 0.220. The molecule has 0 saturated carbocycles. The van der Waals surface area contributed by atoms with E-state index in [9.17, 15) is 0 Å². The minimum atomic E-state index is 0.162. The number of hydrogen-bond donors (Lipinski definition) is 2. The van der Waals surface area contributed by atoms with Crippen molar-refractivity contribution in [3.8, 4) is 5.88 Å². The number of aromatic nitrogens is 2. The summed E-state index contributed by atoms with van der Waals surface area (Å²) >= 11 is 0. The fourth-order valence-electron chi connectivity index (χ4n) is 2.08. The van der Waals surface area contributed by atoms with E-state index in [1.54, 1.807) is 7.11 Å². The lowest BCUT2D eigenvalue weighted by Gasteiger charge is -2.20. The Morgan fingerprint density at radius 2 is 2.28 bits per heavy atom. The van der Waals surface area contributed by atoms with Gasteiger partial charge in [-0.05, 0) is 13.8 Å². The number of ether oxygens (including phenoxy) is 2. The van der Waals surface area contributed by atoms with Crippen molar-refractivity contribution in [1.82, 2.24) is 15.3 Å². The van der Waals surface area contributed by atoms with E-state index in [1.807, 2.05) is 13.8 Å². The van der Waals surface area contributed by atoms with Gasteiger partial charge in [0.25, 0.3) is 0 Å². The zero-order valence-electron chi connectivity index (χ0n) is 11.1. The quantitative estimate of drug-likeness (QED) is 0.799. The van der Waals surface area contributed by atoms with Crippen LogP contribution in [0.1, 0.15) is 12.5 Å².